The topological polar surface area (TPSA) is 89.3 Å². The number of aryl methyl sites for hydroxylation is 1. The number of urea groups is 1. The molecular weight excluding hydrogens is 310 g/mol. The van der Waals surface area contributed by atoms with Crippen LogP contribution in [0.15, 0.2) is 0 Å². The Balaban J connectivity index is 1.51. The molecule has 132 valence electrons. The van der Waals surface area contributed by atoms with Crippen molar-refractivity contribution in [2.24, 2.45) is 11.3 Å². The molecule has 1 N–H and O–H groups in total. The Morgan fingerprint density at radius 2 is 2.21 bits per heavy atom. The number of ether oxygens (including phenoxy) is 1. The Kier molecular flexibility index (Phi) is 4.47. The lowest BCUT2D eigenvalue weighted by Gasteiger charge is -2.24. The molecule has 3 rings (SSSR count). The van der Waals surface area contributed by atoms with E-state index in [9.17, 15) is 9.59 Å². The summed E-state index contributed by atoms with van der Waals surface area (Å²) in [5, 5.41) is 11.3. The molecule has 8 nitrogen and oxygen atoms in total. The lowest BCUT2D eigenvalue weighted by Crippen LogP contribution is -2.42. The number of likely N-dealkylation sites (tertiary alicyclic amines) is 1. The minimum Gasteiger partial charge on any atom is -0.469 e. The minimum absolute atomic E-state index is 0.0652. The molecular formula is C16H25N5O3. The number of aromatic nitrogens is 3. The van der Waals surface area contributed by atoms with Crippen molar-refractivity contribution >= 4 is 12.0 Å². The van der Waals surface area contributed by atoms with Gasteiger partial charge in [0.1, 0.15) is 11.6 Å². The Hall–Kier alpha value is -2.12. The van der Waals surface area contributed by atoms with Gasteiger partial charge in [-0.3, -0.25) is 4.79 Å². The maximum absolute atomic E-state index is 12.4. The number of hydrogen-bond donors (Lipinski definition) is 1. The summed E-state index contributed by atoms with van der Waals surface area (Å²) in [6.45, 7) is 6.24. The van der Waals surface area contributed by atoms with Crippen LogP contribution in [0.2, 0.25) is 0 Å². The first kappa shape index (κ1) is 16.7. The Morgan fingerprint density at radius 3 is 2.96 bits per heavy atom. The smallest absolute Gasteiger partial charge is 0.317 e. The van der Waals surface area contributed by atoms with Crippen LogP contribution in [0.1, 0.15) is 31.9 Å². The largest absolute Gasteiger partial charge is 0.469 e. The molecule has 2 atom stereocenters. The van der Waals surface area contributed by atoms with Crippen LogP contribution < -0.4 is 5.32 Å². The highest BCUT2D eigenvalue weighted by Crippen LogP contribution is 2.36. The fourth-order valence-electron chi connectivity index (χ4n) is 3.59. The summed E-state index contributed by atoms with van der Waals surface area (Å²) < 4.78 is 7.03. The Bertz CT molecular complexity index is 644. The second kappa shape index (κ2) is 6.41. The average Bonchev–Trinajstić information content (AvgIpc) is 3.24. The van der Waals surface area contributed by atoms with Crippen molar-refractivity contribution in [3.63, 3.8) is 0 Å². The van der Waals surface area contributed by atoms with Crippen molar-refractivity contribution in [2.45, 2.75) is 39.7 Å². The van der Waals surface area contributed by atoms with Crippen molar-refractivity contribution in [1.82, 2.24) is 25.0 Å². The van der Waals surface area contributed by atoms with E-state index in [1.54, 1.807) is 4.90 Å². The summed E-state index contributed by atoms with van der Waals surface area (Å²) in [7, 11) is 1.39. The van der Waals surface area contributed by atoms with Gasteiger partial charge in [-0.15, -0.1) is 10.2 Å². The first-order valence-corrected chi connectivity index (χ1v) is 8.48. The van der Waals surface area contributed by atoms with E-state index in [1.807, 2.05) is 13.8 Å². The van der Waals surface area contributed by atoms with Crippen LogP contribution in [0, 0.1) is 11.3 Å². The van der Waals surface area contributed by atoms with Crippen molar-refractivity contribution < 1.29 is 14.3 Å². The number of fused-ring (bicyclic) bond motifs is 1. The molecule has 1 saturated heterocycles. The maximum atomic E-state index is 12.4. The quantitative estimate of drug-likeness (QED) is 0.814. The fraction of sp³-hybridized carbons (Fsp3) is 0.750. The third-order valence-corrected chi connectivity index (χ3v) is 5.35. The van der Waals surface area contributed by atoms with E-state index < -0.39 is 5.41 Å². The van der Waals surface area contributed by atoms with Gasteiger partial charge in [-0.25, -0.2) is 4.79 Å². The molecule has 1 fully saturated rings. The van der Waals surface area contributed by atoms with E-state index in [0.717, 1.165) is 31.0 Å². The third-order valence-electron chi connectivity index (χ3n) is 5.35. The lowest BCUT2D eigenvalue weighted by atomic mass is 9.81. The van der Waals surface area contributed by atoms with Crippen molar-refractivity contribution in [3.8, 4) is 0 Å². The summed E-state index contributed by atoms with van der Waals surface area (Å²) in [5.41, 5.74) is -0.639. The van der Waals surface area contributed by atoms with Gasteiger partial charge in [0, 0.05) is 39.0 Å². The number of esters is 1. The van der Waals surface area contributed by atoms with Crippen LogP contribution >= 0.6 is 0 Å². The highest BCUT2D eigenvalue weighted by molar-refractivity contribution is 5.81. The Labute approximate surface area is 141 Å². The van der Waals surface area contributed by atoms with Gasteiger partial charge in [-0.1, -0.05) is 6.92 Å². The van der Waals surface area contributed by atoms with E-state index in [-0.39, 0.29) is 17.9 Å². The molecule has 0 unspecified atom stereocenters. The molecule has 0 radical (unpaired) electrons. The number of carbonyl (C=O) groups is 2. The molecule has 0 aliphatic carbocycles. The van der Waals surface area contributed by atoms with Crippen molar-refractivity contribution in [2.75, 3.05) is 26.7 Å². The molecule has 0 saturated carbocycles. The monoisotopic (exact) mass is 335 g/mol. The SMILES string of the molecule is COC(=O)[C@]1(C)CN(C(=O)NCCc2nnc3n2CCC3)C[C@H]1C. The summed E-state index contributed by atoms with van der Waals surface area (Å²) >= 11 is 0. The first-order chi connectivity index (χ1) is 11.5. The van der Waals surface area contributed by atoms with Crippen LogP contribution in [0.3, 0.4) is 0 Å². The summed E-state index contributed by atoms with van der Waals surface area (Å²) in [6.07, 6.45) is 2.76. The van der Waals surface area contributed by atoms with E-state index in [1.165, 1.54) is 7.11 Å². The first-order valence-electron chi connectivity index (χ1n) is 8.48. The summed E-state index contributed by atoms with van der Waals surface area (Å²) in [4.78, 5) is 26.1. The normalized spacial score (nSPS) is 25.6. The van der Waals surface area contributed by atoms with Crippen LogP contribution in [-0.2, 0) is 28.9 Å². The van der Waals surface area contributed by atoms with Gasteiger partial charge in [0.2, 0.25) is 0 Å². The number of rotatable bonds is 4. The van der Waals surface area contributed by atoms with Gasteiger partial charge in [0.25, 0.3) is 0 Å². The zero-order chi connectivity index (χ0) is 17.3. The van der Waals surface area contributed by atoms with E-state index in [0.29, 0.717) is 26.1 Å². The molecule has 24 heavy (non-hydrogen) atoms. The summed E-state index contributed by atoms with van der Waals surface area (Å²) in [6, 6.07) is -0.143. The number of hydrogen-bond acceptors (Lipinski definition) is 5. The zero-order valence-corrected chi connectivity index (χ0v) is 14.5. The highest BCUT2D eigenvalue weighted by Gasteiger charge is 2.48. The summed E-state index contributed by atoms with van der Waals surface area (Å²) in [5.74, 6) is 1.77. The van der Waals surface area contributed by atoms with Crippen LogP contribution in [0.4, 0.5) is 4.79 Å². The number of carbonyl (C=O) groups excluding carboxylic acids is 2. The number of methoxy groups -OCH3 is 1. The predicted octanol–water partition coefficient (Wildman–Crippen LogP) is 0.607. The molecule has 2 aliphatic heterocycles. The van der Waals surface area contributed by atoms with Gasteiger partial charge in [-0.2, -0.15) is 0 Å². The standard InChI is InChI=1S/C16H25N5O3/c1-11-9-20(10-16(11,2)14(22)24-3)15(23)17-7-6-13-19-18-12-5-4-8-21(12)13/h11H,4-10H2,1-3H3,(H,17,23)/t11-,16-/m1/s1. The second-order valence-electron chi connectivity index (χ2n) is 6.96. The minimum atomic E-state index is -0.639. The number of amides is 2. The van der Waals surface area contributed by atoms with Crippen LogP contribution in [0.25, 0.3) is 0 Å². The highest BCUT2D eigenvalue weighted by atomic mass is 16.5. The van der Waals surface area contributed by atoms with Gasteiger partial charge >= 0.3 is 12.0 Å². The van der Waals surface area contributed by atoms with E-state index in [4.69, 9.17) is 4.74 Å². The molecule has 2 aliphatic rings. The lowest BCUT2D eigenvalue weighted by molar-refractivity contribution is -0.152. The van der Waals surface area contributed by atoms with Crippen molar-refractivity contribution in [3.05, 3.63) is 11.6 Å². The van der Waals surface area contributed by atoms with Crippen molar-refractivity contribution in [1.29, 1.82) is 0 Å². The molecule has 1 aromatic rings. The fourth-order valence-corrected chi connectivity index (χ4v) is 3.59. The van der Waals surface area contributed by atoms with E-state index >= 15 is 0 Å². The Morgan fingerprint density at radius 1 is 1.42 bits per heavy atom. The molecule has 3 heterocycles. The molecule has 0 bridgehead atoms. The van der Waals surface area contributed by atoms with Gasteiger partial charge < -0.3 is 19.5 Å². The molecule has 2 amide bonds. The molecule has 0 aromatic carbocycles. The van der Waals surface area contributed by atoms with Crippen LogP contribution in [-0.4, -0.2) is 58.4 Å². The second-order valence-corrected chi connectivity index (χ2v) is 6.96. The van der Waals surface area contributed by atoms with Gasteiger partial charge in [-0.05, 0) is 19.3 Å². The van der Waals surface area contributed by atoms with Gasteiger partial charge in [0.15, 0.2) is 0 Å². The van der Waals surface area contributed by atoms with Gasteiger partial charge in [0.05, 0.1) is 12.5 Å². The van der Waals surface area contributed by atoms with E-state index in [2.05, 4.69) is 20.1 Å². The average molecular weight is 335 g/mol. The molecule has 1 aromatic heterocycles. The molecule has 8 heteroatoms. The maximum Gasteiger partial charge on any atom is 0.317 e. The zero-order valence-electron chi connectivity index (χ0n) is 14.5. The van der Waals surface area contributed by atoms with Crippen LogP contribution in [0.5, 0.6) is 0 Å². The third kappa shape index (κ3) is 2.85. The predicted molar refractivity (Wildman–Crippen MR) is 86.3 cm³/mol. The number of nitrogens with one attached hydrogen (secondary N) is 1. The molecule has 0 spiro atoms. The number of nitrogens with zero attached hydrogens (tertiary/aromatic N) is 4.